The minimum Gasteiger partial charge on any atom is -0.336 e. The third kappa shape index (κ3) is 4.85. The molecule has 0 radical (unpaired) electrons. The second kappa shape index (κ2) is 6.91. The van der Waals surface area contributed by atoms with E-state index in [9.17, 15) is 31.1 Å². The van der Waals surface area contributed by atoms with Gasteiger partial charge in [0.05, 0.1) is 12.1 Å². The fourth-order valence-electron chi connectivity index (χ4n) is 2.42. The molecule has 10 heteroatoms. The standard InChI is InChI=1S/C14H13BrF6N2O/c15-11-7-9(1-2-10(11)14(19,20)21)12(24)23-5-3-22(4-6-23)8-13(16,17)18/h1-2,7H,3-6,8H2. The van der Waals surface area contributed by atoms with Gasteiger partial charge in [-0.15, -0.1) is 0 Å². The molecule has 3 nitrogen and oxygen atoms in total. The summed E-state index contributed by atoms with van der Waals surface area (Å²) in [5.74, 6) is -0.504. The molecule has 1 aliphatic heterocycles. The first-order valence-electron chi connectivity index (χ1n) is 6.92. The summed E-state index contributed by atoms with van der Waals surface area (Å²) in [6.45, 7) is -0.734. The van der Waals surface area contributed by atoms with Crippen molar-refractivity contribution in [3.63, 3.8) is 0 Å². The van der Waals surface area contributed by atoms with Crippen LogP contribution >= 0.6 is 15.9 Å². The van der Waals surface area contributed by atoms with E-state index in [1.807, 2.05) is 0 Å². The summed E-state index contributed by atoms with van der Waals surface area (Å²) in [5, 5.41) is 0. The summed E-state index contributed by atoms with van der Waals surface area (Å²) in [6, 6.07) is 2.95. The Morgan fingerprint density at radius 3 is 2.08 bits per heavy atom. The van der Waals surface area contributed by atoms with E-state index >= 15 is 0 Å². The maximum atomic E-state index is 12.7. The molecule has 0 saturated carbocycles. The molecule has 1 heterocycles. The van der Waals surface area contributed by atoms with E-state index in [0.29, 0.717) is 0 Å². The Balaban J connectivity index is 2.02. The van der Waals surface area contributed by atoms with E-state index in [2.05, 4.69) is 15.9 Å². The van der Waals surface area contributed by atoms with E-state index < -0.39 is 30.4 Å². The molecule has 0 aromatic heterocycles. The number of rotatable bonds is 2. The van der Waals surface area contributed by atoms with Gasteiger partial charge in [-0.3, -0.25) is 9.69 Å². The molecule has 0 aliphatic carbocycles. The molecule has 0 spiro atoms. The van der Waals surface area contributed by atoms with Gasteiger partial charge in [-0.05, 0) is 18.2 Å². The summed E-state index contributed by atoms with van der Waals surface area (Å²) in [7, 11) is 0. The second-order valence-corrected chi connectivity index (χ2v) is 6.23. The number of carbonyl (C=O) groups excluding carboxylic acids is 1. The summed E-state index contributed by atoms with van der Waals surface area (Å²) in [5.41, 5.74) is -0.840. The second-order valence-electron chi connectivity index (χ2n) is 5.38. The Labute approximate surface area is 142 Å². The van der Waals surface area contributed by atoms with Crippen molar-refractivity contribution in [2.45, 2.75) is 12.4 Å². The highest BCUT2D eigenvalue weighted by Gasteiger charge is 2.35. The molecule has 0 atom stereocenters. The van der Waals surface area contributed by atoms with E-state index in [1.54, 1.807) is 0 Å². The molecule has 1 aromatic rings. The van der Waals surface area contributed by atoms with Gasteiger partial charge in [0.1, 0.15) is 0 Å². The summed E-state index contributed by atoms with van der Waals surface area (Å²) in [6.07, 6.45) is -8.84. The van der Waals surface area contributed by atoms with Crippen LogP contribution in [0.1, 0.15) is 15.9 Å². The fourth-order valence-corrected chi connectivity index (χ4v) is 3.03. The number of piperazine rings is 1. The van der Waals surface area contributed by atoms with Crippen molar-refractivity contribution in [3.8, 4) is 0 Å². The highest BCUT2D eigenvalue weighted by molar-refractivity contribution is 9.10. The van der Waals surface area contributed by atoms with Gasteiger partial charge in [-0.1, -0.05) is 15.9 Å². The van der Waals surface area contributed by atoms with Crippen LogP contribution in [0.2, 0.25) is 0 Å². The highest BCUT2D eigenvalue weighted by atomic mass is 79.9. The first kappa shape index (κ1) is 19.0. The summed E-state index contributed by atoms with van der Waals surface area (Å²) >= 11 is 2.79. The van der Waals surface area contributed by atoms with Gasteiger partial charge < -0.3 is 4.90 Å². The topological polar surface area (TPSA) is 23.6 Å². The molecule has 0 bridgehead atoms. The normalized spacial score (nSPS) is 17.2. The van der Waals surface area contributed by atoms with Crippen LogP contribution in [0.5, 0.6) is 0 Å². The Morgan fingerprint density at radius 1 is 1.04 bits per heavy atom. The lowest BCUT2D eigenvalue weighted by atomic mass is 10.1. The van der Waals surface area contributed by atoms with E-state index in [4.69, 9.17) is 0 Å². The molecule has 2 rings (SSSR count). The number of halogens is 7. The molecule has 1 aromatic carbocycles. The number of hydrogen-bond acceptors (Lipinski definition) is 2. The first-order chi connectivity index (χ1) is 11.0. The van der Waals surface area contributed by atoms with Gasteiger partial charge in [0.25, 0.3) is 5.91 Å². The first-order valence-corrected chi connectivity index (χ1v) is 7.72. The smallest absolute Gasteiger partial charge is 0.336 e. The molecule has 24 heavy (non-hydrogen) atoms. The van der Waals surface area contributed by atoms with Crippen LogP contribution in [0.25, 0.3) is 0 Å². The van der Waals surface area contributed by atoms with Crippen molar-refractivity contribution in [1.29, 1.82) is 0 Å². The summed E-state index contributed by atoms with van der Waals surface area (Å²) < 4.78 is 74.8. The third-order valence-electron chi connectivity index (χ3n) is 3.58. The Bertz CT molecular complexity index is 608. The highest BCUT2D eigenvalue weighted by Crippen LogP contribution is 2.35. The number of hydrogen-bond donors (Lipinski definition) is 0. The molecule has 1 saturated heterocycles. The predicted molar refractivity (Wildman–Crippen MR) is 77.5 cm³/mol. The number of nitrogens with zero attached hydrogens (tertiary/aromatic N) is 2. The van der Waals surface area contributed by atoms with Crippen LogP contribution in [0.3, 0.4) is 0 Å². The van der Waals surface area contributed by atoms with Gasteiger partial charge in [-0.25, -0.2) is 0 Å². The van der Waals surface area contributed by atoms with Crippen LogP contribution in [0.4, 0.5) is 26.3 Å². The maximum Gasteiger partial charge on any atom is 0.417 e. The molecular formula is C14H13BrF6N2O. The van der Waals surface area contributed by atoms with E-state index in [1.165, 1.54) is 9.80 Å². The van der Waals surface area contributed by atoms with Gasteiger partial charge in [0, 0.05) is 36.2 Å². The Hall–Kier alpha value is -1.29. The Morgan fingerprint density at radius 2 is 1.62 bits per heavy atom. The van der Waals surface area contributed by atoms with E-state index in [-0.39, 0.29) is 36.2 Å². The SMILES string of the molecule is O=C(c1ccc(C(F)(F)F)c(Br)c1)N1CCN(CC(F)(F)F)CC1. The lowest BCUT2D eigenvalue weighted by molar-refractivity contribution is -0.148. The Kier molecular flexibility index (Phi) is 5.48. The molecular weight excluding hydrogens is 406 g/mol. The number of benzene rings is 1. The lowest BCUT2D eigenvalue weighted by Crippen LogP contribution is -2.50. The maximum absolute atomic E-state index is 12.7. The quantitative estimate of drug-likeness (QED) is 0.682. The molecule has 134 valence electrons. The largest absolute Gasteiger partial charge is 0.417 e. The van der Waals surface area contributed by atoms with Crippen molar-refractivity contribution in [2.75, 3.05) is 32.7 Å². The van der Waals surface area contributed by atoms with Gasteiger partial charge >= 0.3 is 12.4 Å². The number of carbonyl (C=O) groups is 1. The molecule has 1 fully saturated rings. The van der Waals surface area contributed by atoms with Crippen LogP contribution in [-0.2, 0) is 6.18 Å². The van der Waals surface area contributed by atoms with Gasteiger partial charge in [-0.2, -0.15) is 26.3 Å². The molecule has 0 N–H and O–H groups in total. The summed E-state index contributed by atoms with van der Waals surface area (Å²) in [4.78, 5) is 14.8. The van der Waals surface area contributed by atoms with Crippen molar-refractivity contribution < 1.29 is 31.1 Å². The van der Waals surface area contributed by atoms with Crippen LogP contribution in [0, 0.1) is 0 Å². The van der Waals surface area contributed by atoms with Gasteiger partial charge in [0.15, 0.2) is 0 Å². The average Bonchev–Trinajstić information content (AvgIpc) is 2.44. The van der Waals surface area contributed by atoms with Crippen molar-refractivity contribution in [3.05, 3.63) is 33.8 Å². The molecule has 1 aliphatic rings. The lowest BCUT2D eigenvalue weighted by Gasteiger charge is -2.35. The zero-order chi connectivity index (χ0) is 18.1. The van der Waals surface area contributed by atoms with Crippen molar-refractivity contribution in [2.24, 2.45) is 0 Å². The third-order valence-corrected chi connectivity index (χ3v) is 4.24. The zero-order valence-electron chi connectivity index (χ0n) is 12.2. The minimum atomic E-state index is -4.54. The van der Waals surface area contributed by atoms with Crippen LogP contribution in [-0.4, -0.2) is 54.6 Å². The van der Waals surface area contributed by atoms with Crippen LogP contribution in [0.15, 0.2) is 22.7 Å². The molecule has 1 amide bonds. The van der Waals surface area contributed by atoms with Crippen molar-refractivity contribution in [1.82, 2.24) is 9.80 Å². The zero-order valence-corrected chi connectivity index (χ0v) is 13.8. The van der Waals surface area contributed by atoms with Gasteiger partial charge in [0.2, 0.25) is 0 Å². The minimum absolute atomic E-state index is 0.0548. The van der Waals surface area contributed by atoms with Crippen LogP contribution < -0.4 is 0 Å². The molecule has 0 unspecified atom stereocenters. The number of amides is 1. The predicted octanol–water partition coefficient (Wildman–Crippen LogP) is 3.79. The van der Waals surface area contributed by atoms with E-state index in [0.717, 1.165) is 18.2 Å². The average molecular weight is 419 g/mol. The number of alkyl halides is 6. The monoisotopic (exact) mass is 418 g/mol. The van der Waals surface area contributed by atoms with Crippen molar-refractivity contribution >= 4 is 21.8 Å². The fraction of sp³-hybridized carbons (Fsp3) is 0.500.